The molecular formula is C26H18F3N5O3S. The van der Waals surface area contributed by atoms with Gasteiger partial charge in [0.25, 0.3) is 11.8 Å². The number of ether oxygens (including phenoxy) is 1. The number of pyridine rings is 1. The second-order valence-corrected chi connectivity index (χ2v) is 9.12. The van der Waals surface area contributed by atoms with E-state index in [4.69, 9.17) is 10.5 Å². The molecule has 0 spiro atoms. The molecule has 38 heavy (non-hydrogen) atoms. The Balaban J connectivity index is 1.61. The van der Waals surface area contributed by atoms with E-state index in [0.717, 1.165) is 6.07 Å². The molecule has 3 aromatic heterocycles. The number of nitrogens with two attached hydrogens (primary N) is 1. The fraction of sp³-hybridized carbons (Fsp3) is 0.0769. The molecule has 3 heterocycles. The molecule has 0 unspecified atom stereocenters. The number of nitrogens with one attached hydrogen (secondary N) is 2. The molecule has 5 aromatic rings. The maximum atomic E-state index is 13.7. The number of aromatic amines is 1. The summed E-state index contributed by atoms with van der Waals surface area (Å²) in [6.07, 6.45) is -4.73. The topological polar surface area (TPSA) is 123 Å². The largest absolute Gasteiger partial charge is 0.497 e. The van der Waals surface area contributed by atoms with Crippen LogP contribution in [0.1, 0.15) is 25.9 Å². The van der Waals surface area contributed by atoms with Crippen LogP contribution in [0.2, 0.25) is 0 Å². The van der Waals surface area contributed by atoms with E-state index in [1.54, 1.807) is 54.6 Å². The predicted octanol–water partition coefficient (Wildman–Crippen LogP) is 5.73. The molecule has 8 nitrogen and oxygen atoms in total. The van der Waals surface area contributed by atoms with Crippen LogP contribution in [0.3, 0.4) is 0 Å². The number of aromatic nitrogens is 3. The van der Waals surface area contributed by atoms with Crippen molar-refractivity contribution in [2.24, 2.45) is 5.73 Å². The Labute approximate surface area is 217 Å². The van der Waals surface area contributed by atoms with Crippen molar-refractivity contribution in [1.29, 1.82) is 0 Å². The normalized spacial score (nSPS) is 11.5. The standard InChI is InChI=1S/C26H18F3N5O3S/c1-37-15-9-5-8-14(10-15)17-12-18(34-33-17)24(36)32-21-20-16(13-6-3-2-4-7-13)11-19(26(27,28)29)31-25(20)38-22(21)23(30)35/h2-12H,1H3,(H2,30,35)(H,32,36)(H,33,34). The maximum Gasteiger partial charge on any atom is 0.433 e. The number of primary amides is 1. The van der Waals surface area contributed by atoms with Crippen LogP contribution >= 0.6 is 11.3 Å². The number of anilines is 1. The number of rotatable bonds is 6. The third-order valence-electron chi connectivity index (χ3n) is 5.69. The Hall–Kier alpha value is -4.71. The lowest BCUT2D eigenvalue weighted by molar-refractivity contribution is -0.140. The monoisotopic (exact) mass is 537 g/mol. The second kappa shape index (κ2) is 9.63. The van der Waals surface area contributed by atoms with Crippen molar-refractivity contribution in [1.82, 2.24) is 15.2 Å². The SMILES string of the molecule is COc1cccc(-c2cc(C(=O)Nc3c(C(N)=O)sc4nc(C(F)(F)F)cc(-c5ccccc5)c34)[nH]n2)c1. The average Bonchev–Trinajstić information content (AvgIpc) is 3.54. The van der Waals surface area contributed by atoms with Crippen LogP contribution in [0.25, 0.3) is 32.6 Å². The Morgan fingerprint density at radius 1 is 1.03 bits per heavy atom. The van der Waals surface area contributed by atoms with Crippen LogP contribution in [0.5, 0.6) is 5.75 Å². The summed E-state index contributed by atoms with van der Waals surface area (Å²) in [5, 5.41) is 9.62. The minimum absolute atomic E-state index is 0.0277. The fourth-order valence-corrected chi connectivity index (χ4v) is 4.94. The number of methoxy groups -OCH3 is 1. The van der Waals surface area contributed by atoms with E-state index in [9.17, 15) is 22.8 Å². The van der Waals surface area contributed by atoms with Crippen LogP contribution in [-0.4, -0.2) is 34.1 Å². The second-order valence-electron chi connectivity index (χ2n) is 8.12. The minimum atomic E-state index is -4.73. The first-order chi connectivity index (χ1) is 18.2. The van der Waals surface area contributed by atoms with Gasteiger partial charge in [0.05, 0.1) is 18.5 Å². The lowest BCUT2D eigenvalue weighted by atomic mass is 10.0. The molecular weight excluding hydrogens is 519 g/mol. The Kier molecular flexibility index (Phi) is 6.33. The zero-order chi connectivity index (χ0) is 27.0. The highest BCUT2D eigenvalue weighted by atomic mass is 32.1. The number of carbonyl (C=O) groups is 2. The molecule has 4 N–H and O–H groups in total. The molecule has 192 valence electrons. The van der Waals surface area contributed by atoms with E-state index >= 15 is 0 Å². The number of hydrogen-bond donors (Lipinski definition) is 3. The summed E-state index contributed by atoms with van der Waals surface area (Å²) in [4.78, 5) is 29.0. The van der Waals surface area contributed by atoms with Crippen molar-refractivity contribution in [3.8, 4) is 28.1 Å². The van der Waals surface area contributed by atoms with Crippen LogP contribution in [0, 0.1) is 0 Å². The molecule has 0 fully saturated rings. The van der Waals surface area contributed by atoms with Crippen LogP contribution in [0.15, 0.2) is 66.7 Å². The molecule has 0 aliphatic rings. The average molecular weight is 538 g/mol. The quantitative estimate of drug-likeness (QED) is 0.255. The van der Waals surface area contributed by atoms with Gasteiger partial charge in [-0.1, -0.05) is 42.5 Å². The number of H-pyrrole nitrogens is 1. The number of benzene rings is 2. The molecule has 0 radical (unpaired) electrons. The van der Waals surface area contributed by atoms with E-state index in [0.29, 0.717) is 33.9 Å². The molecule has 0 aliphatic heterocycles. The third kappa shape index (κ3) is 4.68. The summed E-state index contributed by atoms with van der Waals surface area (Å²) in [6.45, 7) is 0. The Morgan fingerprint density at radius 3 is 2.45 bits per heavy atom. The number of fused-ring (bicyclic) bond motifs is 1. The van der Waals surface area contributed by atoms with E-state index in [1.165, 1.54) is 13.2 Å². The molecule has 12 heteroatoms. The van der Waals surface area contributed by atoms with Gasteiger partial charge in [0.2, 0.25) is 0 Å². The first kappa shape index (κ1) is 25.0. The highest BCUT2D eigenvalue weighted by molar-refractivity contribution is 7.21. The van der Waals surface area contributed by atoms with Crippen LogP contribution in [0.4, 0.5) is 18.9 Å². The van der Waals surface area contributed by atoms with Crippen LogP contribution in [-0.2, 0) is 6.18 Å². The first-order valence-corrected chi connectivity index (χ1v) is 11.9. The molecule has 5 rings (SSSR count). The third-order valence-corrected chi connectivity index (χ3v) is 6.79. The van der Waals surface area contributed by atoms with Crippen molar-refractivity contribution in [2.45, 2.75) is 6.18 Å². The molecule has 0 atom stereocenters. The van der Waals surface area contributed by atoms with Gasteiger partial charge in [-0.25, -0.2) is 4.98 Å². The van der Waals surface area contributed by atoms with E-state index in [1.807, 2.05) is 0 Å². The smallest absolute Gasteiger partial charge is 0.433 e. The molecule has 0 saturated heterocycles. The van der Waals surface area contributed by atoms with Gasteiger partial charge < -0.3 is 15.8 Å². The summed E-state index contributed by atoms with van der Waals surface area (Å²) in [6, 6.07) is 17.7. The van der Waals surface area contributed by atoms with Gasteiger partial charge in [-0.05, 0) is 35.4 Å². The summed E-state index contributed by atoms with van der Waals surface area (Å²) in [5.41, 5.74) is 6.18. The summed E-state index contributed by atoms with van der Waals surface area (Å²) >= 11 is 0.674. The van der Waals surface area contributed by atoms with Gasteiger partial charge in [0, 0.05) is 10.9 Å². The molecule has 2 amide bonds. The van der Waals surface area contributed by atoms with Crippen molar-refractivity contribution < 1.29 is 27.5 Å². The van der Waals surface area contributed by atoms with Gasteiger partial charge in [-0.15, -0.1) is 11.3 Å². The Bertz CT molecular complexity index is 1680. The maximum absolute atomic E-state index is 13.7. The lowest BCUT2D eigenvalue weighted by Gasteiger charge is -2.12. The van der Waals surface area contributed by atoms with Crippen molar-refractivity contribution in [3.63, 3.8) is 0 Å². The Morgan fingerprint density at radius 2 is 1.76 bits per heavy atom. The van der Waals surface area contributed by atoms with Gasteiger partial charge in [-0.2, -0.15) is 18.3 Å². The van der Waals surface area contributed by atoms with Crippen molar-refractivity contribution in [3.05, 3.63) is 83.0 Å². The number of nitrogens with zero attached hydrogens (tertiary/aromatic N) is 2. The lowest BCUT2D eigenvalue weighted by Crippen LogP contribution is -2.17. The van der Waals surface area contributed by atoms with Gasteiger partial charge >= 0.3 is 6.18 Å². The van der Waals surface area contributed by atoms with E-state index in [2.05, 4.69) is 20.5 Å². The highest BCUT2D eigenvalue weighted by Crippen LogP contribution is 2.43. The summed E-state index contributed by atoms with van der Waals surface area (Å²) in [5.74, 6) is -0.989. The van der Waals surface area contributed by atoms with Crippen molar-refractivity contribution >= 4 is 39.1 Å². The molecule has 0 aliphatic carbocycles. The molecule has 0 bridgehead atoms. The highest BCUT2D eigenvalue weighted by Gasteiger charge is 2.35. The van der Waals surface area contributed by atoms with Crippen LogP contribution < -0.4 is 15.8 Å². The number of amides is 2. The summed E-state index contributed by atoms with van der Waals surface area (Å²) in [7, 11) is 1.53. The molecule has 0 saturated carbocycles. The molecule has 2 aromatic carbocycles. The van der Waals surface area contributed by atoms with Gasteiger partial charge in [-0.3, -0.25) is 14.7 Å². The summed E-state index contributed by atoms with van der Waals surface area (Å²) < 4.78 is 46.2. The number of hydrogen-bond acceptors (Lipinski definition) is 6. The van der Waals surface area contributed by atoms with E-state index < -0.39 is 23.7 Å². The minimum Gasteiger partial charge on any atom is -0.497 e. The number of carbonyl (C=O) groups excluding carboxylic acids is 2. The number of thiophene rings is 1. The first-order valence-electron chi connectivity index (χ1n) is 11.1. The fourth-order valence-electron chi connectivity index (χ4n) is 3.93. The van der Waals surface area contributed by atoms with Gasteiger partial charge in [0.1, 0.15) is 26.8 Å². The van der Waals surface area contributed by atoms with Crippen molar-refractivity contribution in [2.75, 3.05) is 12.4 Å². The number of alkyl halides is 3. The van der Waals surface area contributed by atoms with E-state index in [-0.39, 0.29) is 32.0 Å². The van der Waals surface area contributed by atoms with Gasteiger partial charge in [0.15, 0.2) is 0 Å². The predicted molar refractivity (Wildman–Crippen MR) is 137 cm³/mol. The number of halogens is 3. The zero-order valence-corrected chi connectivity index (χ0v) is 20.4. The zero-order valence-electron chi connectivity index (χ0n) is 19.6.